The van der Waals surface area contributed by atoms with Crippen molar-refractivity contribution in [2.75, 3.05) is 32.8 Å². The van der Waals surface area contributed by atoms with E-state index in [2.05, 4.69) is 24.1 Å². The first-order valence-electron chi connectivity index (χ1n) is 5.23. The number of unbranched alkanes of at least 4 members (excludes halogenated alkanes) is 1. The van der Waals surface area contributed by atoms with Gasteiger partial charge in [-0.15, -0.1) is 0 Å². The van der Waals surface area contributed by atoms with Gasteiger partial charge in [-0.05, 0) is 33.2 Å². The Bertz CT molecular complexity index is 148. The zero-order chi connectivity index (χ0) is 9.73. The van der Waals surface area contributed by atoms with Gasteiger partial charge in [0, 0.05) is 31.8 Å². The second-order valence-electron chi connectivity index (χ2n) is 4.41. The average Bonchev–Trinajstić information content (AvgIpc) is 2.08. The zero-order valence-electron chi connectivity index (χ0n) is 8.84. The molecule has 0 amide bonds. The number of hydrogen-bond donors (Lipinski definition) is 2. The predicted octanol–water partition coefficient (Wildman–Crippen LogP) is 0.443. The molecule has 0 aromatic rings. The summed E-state index contributed by atoms with van der Waals surface area (Å²) in [5, 5.41) is 12.1. The minimum absolute atomic E-state index is 0.285. The lowest BCUT2D eigenvalue weighted by atomic mass is 10.00. The van der Waals surface area contributed by atoms with Crippen LogP contribution in [0.5, 0.6) is 0 Å². The third-order valence-electron chi connectivity index (χ3n) is 2.81. The largest absolute Gasteiger partial charge is 0.396 e. The van der Waals surface area contributed by atoms with Crippen molar-refractivity contribution >= 4 is 0 Å². The monoisotopic (exact) mass is 186 g/mol. The van der Waals surface area contributed by atoms with E-state index in [0.29, 0.717) is 6.61 Å². The predicted molar refractivity (Wildman–Crippen MR) is 54.8 cm³/mol. The van der Waals surface area contributed by atoms with Gasteiger partial charge in [0.25, 0.3) is 0 Å². The molecule has 1 saturated heterocycles. The highest BCUT2D eigenvalue weighted by molar-refractivity contribution is 4.87. The van der Waals surface area contributed by atoms with Crippen molar-refractivity contribution in [3.8, 4) is 0 Å². The molecule has 1 heterocycles. The summed E-state index contributed by atoms with van der Waals surface area (Å²) in [6, 6.07) is 0. The molecule has 13 heavy (non-hydrogen) atoms. The molecule has 2 N–H and O–H groups in total. The van der Waals surface area contributed by atoms with Gasteiger partial charge in [0.05, 0.1) is 0 Å². The van der Waals surface area contributed by atoms with Gasteiger partial charge >= 0.3 is 0 Å². The molecule has 1 aliphatic heterocycles. The highest BCUT2D eigenvalue weighted by Crippen LogP contribution is 2.16. The Morgan fingerprint density at radius 2 is 2.15 bits per heavy atom. The van der Waals surface area contributed by atoms with E-state index in [0.717, 1.165) is 39.0 Å². The van der Waals surface area contributed by atoms with Crippen molar-refractivity contribution < 1.29 is 5.11 Å². The molecule has 0 spiro atoms. The number of nitrogens with zero attached hydrogens (tertiary/aromatic N) is 1. The summed E-state index contributed by atoms with van der Waals surface area (Å²) in [4.78, 5) is 2.51. The van der Waals surface area contributed by atoms with Crippen LogP contribution in [-0.2, 0) is 0 Å². The van der Waals surface area contributed by atoms with E-state index in [4.69, 9.17) is 5.11 Å². The highest BCUT2D eigenvalue weighted by atomic mass is 16.2. The van der Waals surface area contributed by atoms with Crippen molar-refractivity contribution in [3.63, 3.8) is 0 Å². The van der Waals surface area contributed by atoms with Gasteiger partial charge in [-0.3, -0.25) is 4.90 Å². The molecule has 0 bridgehead atoms. The van der Waals surface area contributed by atoms with Crippen LogP contribution in [0.25, 0.3) is 0 Å². The third kappa shape index (κ3) is 3.25. The van der Waals surface area contributed by atoms with Crippen LogP contribution in [0.15, 0.2) is 0 Å². The Labute approximate surface area is 81.1 Å². The lowest BCUT2D eigenvalue weighted by molar-refractivity contribution is 0.0868. The molecule has 0 atom stereocenters. The molecular weight excluding hydrogens is 164 g/mol. The van der Waals surface area contributed by atoms with Crippen LogP contribution in [0.4, 0.5) is 0 Å². The minimum Gasteiger partial charge on any atom is -0.396 e. The smallest absolute Gasteiger partial charge is 0.0431 e. The van der Waals surface area contributed by atoms with E-state index in [1.54, 1.807) is 0 Å². The van der Waals surface area contributed by atoms with Crippen LogP contribution in [0.3, 0.4) is 0 Å². The van der Waals surface area contributed by atoms with E-state index in [9.17, 15) is 0 Å². The van der Waals surface area contributed by atoms with Crippen LogP contribution >= 0.6 is 0 Å². The zero-order valence-corrected chi connectivity index (χ0v) is 8.84. The molecule has 1 fully saturated rings. The van der Waals surface area contributed by atoms with Gasteiger partial charge in [0.2, 0.25) is 0 Å². The second kappa shape index (κ2) is 4.94. The lowest BCUT2D eigenvalue weighted by Gasteiger charge is -2.42. The van der Waals surface area contributed by atoms with E-state index in [1.807, 2.05) is 0 Å². The number of aliphatic hydroxyl groups excluding tert-OH is 1. The van der Waals surface area contributed by atoms with Crippen molar-refractivity contribution in [3.05, 3.63) is 0 Å². The molecule has 0 aromatic carbocycles. The van der Waals surface area contributed by atoms with Gasteiger partial charge in [0.1, 0.15) is 0 Å². The molecule has 3 heteroatoms. The van der Waals surface area contributed by atoms with Crippen LogP contribution in [0.2, 0.25) is 0 Å². The fraction of sp³-hybridized carbons (Fsp3) is 1.00. The molecule has 0 saturated carbocycles. The Balaban J connectivity index is 2.29. The Morgan fingerprint density at radius 1 is 1.38 bits per heavy atom. The van der Waals surface area contributed by atoms with Gasteiger partial charge in [-0.1, -0.05) is 0 Å². The van der Waals surface area contributed by atoms with Gasteiger partial charge in [-0.25, -0.2) is 0 Å². The first kappa shape index (κ1) is 11.0. The first-order valence-corrected chi connectivity index (χ1v) is 5.23. The summed E-state index contributed by atoms with van der Waals surface area (Å²) in [6.07, 6.45) is 2.04. The normalized spacial score (nSPS) is 23.3. The van der Waals surface area contributed by atoms with Gasteiger partial charge < -0.3 is 10.4 Å². The van der Waals surface area contributed by atoms with Gasteiger partial charge in [-0.2, -0.15) is 0 Å². The summed E-state index contributed by atoms with van der Waals surface area (Å²) < 4.78 is 0. The third-order valence-corrected chi connectivity index (χ3v) is 2.81. The molecule has 3 nitrogen and oxygen atoms in total. The average molecular weight is 186 g/mol. The molecule has 0 radical (unpaired) electrons. The summed E-state index contributed by atoms with van der Waals surface area (Å²) in [6.45, 7) is 9.31. The number of rotatable bonds is 4. The van der Waals surface area contributed by atoms with Crippen LogP contribution in [-0.4, -0.2) is 48.3 Å². The lowest BCUT2D eigenvalue weighted by Crippen LogP contribution is -2.57. The molecule has 0 aliphatic carbocycles. The van der Waals surface area contributed by atoms with E-state index >= 15 is 0 Å². The maximum absolute atomic E-state index is 8.69. The van der Waals surface area contributed by atoms with E-state index in [-0.39, 0.29) is 5.54 Å². The highest BCUT2D eigenvalue weighted by Gasteiger charge is 2.28. The Kier molecular flexibility index (Phi) is 4.16. The van der Waals surface area contributed by atoms with Crippen molar-refractivity contribution in [2.24, 2.45) is 0 Å². The van der Waals surface area contributed by atoms with E-state index in [1.165, 1.54) is 0 Å². The summed E-state index contributed by atoms with van der Waals surface area (Å²) in [5.74, 6) is 0. The quantitative estimate of drug-likeness (QED) is 0.626. The molecular formula is C10H22N2O. The summed E-state index contributed by atoms with van der Waals surface area (Å²) in [7, 11) is 0. The molecule has 1 aliphatic rings. The SMILES string of the molecule is CC1(C)CNCCN1CCCCO. The fourth-order valence-electron chi connectivity index (χ4n) is 1.85. The van der Waals surface area contributed by atoms with Gasteiger partial charge in [0.15, 0.2) is 0 Å². The minimum atomic E-state index is 0.285. The number of nitrogens with one attached hydrogen (secondary N) is 1. The number of aliphatic hydroxyl groups is 1. The fourth-order valence-corrected chi connectivity index (χ4v) is 1.85. The second-order valence-corrected chi connectivity index (χ2v) is 4.41. The Morgan fingerprint density at radius 3 is 2.77 bits per heavy atom. The summed E-state index contributed by atoms with van der Waals surface area (Å²) in [5.41, 5.74) is 0.285. The molecule has 0 aromatic heterocycles. The number of hydrogen-bond acceptors (Lipinski definition) is 3. The number of piperazine rings is 1. The molecule has 1 rings (SSSR count). The molecule has 0 unspecified atom stereocenters. The maximum atomic E-state index is 8.69. The first-order chi connectivity index (χ1) is 6.17. The summed E-state index contributed by atoms with van der Waals surface area (Å²) >= 11 is 0. The topological polar surface area (TPSA) is 35.5 Å². The van der Waals surface area contributed by atoms with Crippen LogP contribution < -0.4 is 5.32 Å². The standard InChI is InChI=1S/C10H22N2O/c1-10(2)9-11-5-7-12(10)6-3-4-8-13/h11,13H,3-9H2,1-2H3. The maximum Gasteiger partial charge on any atom is 0.0431 e. The van der Waals surface area contributed by atoms with Crippen molar-refractivity contribution in [1.29, 1.82) is 0 Å². The van der Waals surface area contributed by atoms with Crippen molar-refractivity contribution in [2.45, 2.75) is 32.2 Å². The Hall–Kier alpha value is -0.120. The molecule has 78 valence electrons. The van der Waals surface area contributed by atoms with Crippen LogP contribution in [0, 0.1) is 0 Å². The van der Waals surface area contributed by atoms with Crippen molar-refractivity contribution in [1.82, 2.24) is 10.2 Å². The van der Waals surface area contributed by atoms with E-state index < -0.39 is 0 Å². The van der Waals surface area contributed by atoms with Crippen LogP contribution in [0.1, 0.15) is 26.7 Å².